The number of piperidine rings is 1. The second kappa shape index (κ2) is 9.30. The van der Waals surface area contributed by atoms with Gasteiger partial charge in [-0.2, -0.15) is 0 Å². The average molecular weight is 410 g/mol. The first-order chi connectivity index (χ1) is 12.7. The highest BCUT2D eigenvalue weighted by Crippen LogP contribution is 2.38. The van der Waals surface area contributed by atoms with Crippen LogP contribution in [0.3, 0.4) is 0 Å². The van der Waals surface area contributed by atoms with Crippen molar-refractivity contribution in [2.75, 3.05) is 26.2 Å². The van der Waals surface area contributed by atoms with Crippen molar-refractivity contribution in [1.29, 1.82) is 0 Å². The Balaban J connectivity index is 0.00000210. The van der Waals surface area contributed by atoms with E-state index in [0.717, 1.165) is 51.7 Å². The summed E-state index contributed by atoms with van der Waals surface area (Å²) < 4.78 is 0. The Morgan fingerprint density at radius 3 is 2.85 bits per heavy atom. The molecule has 0 aliphatic carbocycles. The number of hydrogen-bond donors (Lipinski definition) is 2. The van der Waals surface area contributed by atoms with E-state index in [2.05, 4.69) is 22.8 Å². The summed E-state index contributed by atoms with van der Waals surface area (Å²) in [7, 11) is 0. The van der Waals surface area contributed by atoms with Gasteiger partial charge in [-0.1, -0.05) is 18.2 Å². The minimum atomic E-state index is -0.0234. The largest absolute Gasteiger partial charge is 0.354 e. The fourth-order valence-corrected chi connectivity index (χ4v) is 5.51. The third-order valence-corrected chi connectivity index (χ3v) is 7.00. The number of benzene rings is 1. The van der Waals surface area contributed by atoms with Gasteiger partial charge in [-0.3, -0.25) is 9.59 Å². The number of fused-ring (bicyclic) bond motifs is 1. The van der Waals surface area contributed by atoms with Gasteiger partial charge in [0.1, 0.15) is 0 Å². The van der Waals surface area contributed by atoms with Crippen molar-refractivity contribution >= 4 is 36.0 Å². The maximum absolute atomic E-state index is 13.0. The number of nitrogens with zero attached hydrogens (tertiary/aromatic N) is 1. The van der Waals surface area contributed by atoms with Crippen molar-refractivity contribution in [3.05, 3.63) is 29.8 Å². The monoisotopic (exact) mass is 409 g/mol. The first kappa shape index (κ1) is 20.5. The first-order valence-corrected chi connectivity index (χ1v) is 10.6. The maximum Gasteiger partial charge on any atom is 0.237 e. The van der Waals surface area contributed by atoms with Gasteiger partial charge in [0.05, 0.1) is 11.3 Å². The maximum atomic E-state index is 13.0. The van der Waals surface area contributed by atoms with E-state index in [9.17, 15) is 9.59 Å². The molecule has 0 radical (unpaired) electrons. The predicted octanol–water partition coefficient (Wildman–Crippen LogP) is 2.23. The van der Waals surface area contributed by atoms with Crippen LogP contribution in [0.25, 0.3) is 0 Å². The van der Waals surface area contributed by atoms with E-state index in [0.29, 0.717) is 12.5 Å². The summed E-state index contributed by atoms with van der Waals surface area (Å²) in [6.07, 6.45) is 4.95. The smallest absolute Gasteiger partial charge is 0.237 e. The van der Waals surface area contributed by atoms with Crippen LogP contribution >= 0.6 is 24.2 Å². The van der Waals surface area contributed by atoms with Crippen molar-refractivity contribution in [2.24, 2.45) is 5.92 Å². The van der Waals surface area contributed by atoms with Crippen LogP contribution in [-0.4, -0.2) is 54.2 Å². The highest BCUT2D eigenvalue weighted by Gasteiger charge is 2.33. The molecule has 1 aromatic rings. The lowest BCUT2D eigenvalue weighted by Crippen LogP contribution is -2.48. The summed E-state index contributed by atoms with van der Waals surface area (Å²) in [6.45, 7) is 3.23. The molecule has 0 saturated carbocycles. The number of likely N-dealkylation sites (tertiary alicyclic amines) is 1. The Hall–Kier alpha value is -1.24. The molecule has 0 aromatic heterocycles. The molecule has 2 fully saturated rings. The number of nitrogens with one attached hydrogen (secondary N) is 2. The Morgan fingerprint density at radius 2 is 2.07 bits per heavy atom. The normalized spacial score (nSPS) is 27.0. The molecule has 3 heterocycles. The minimum absolute atomic E-state index is 0. The second-order valence-corrected chi connectivity index (χ2v) is 8.85. The van der Waals surface area contributed by atoms with Gasteiger partial charge in [-0.25, -0.2) is 0 Å². The lowest BCUT2D eigenvalue weighted by atomic mass is 9.97. The quantitative estimate of drug-likeness (QED) is 0.800. The first-order valence-electron chi connectivity index (χ1n) is 9.75. The summed E-state index contributed by atoms with van der Waals surface area (Å²) in [5.74, 6) is 0.749. The summed E-state index contributed by atoms with van der Waals surface area (Å²) in [4.78, 5) is 28.4. The van der Waals surface area contributed by atoms with Crippen LogP contribution in [0.2, 0.25) is 0 Å². The fraction of sp³-hybridized carbons (Fsp3) is 0.600. The van der Waals surface area contributed by atoms with Gasteiger partial charge in [0, 0.05) is 24.5 Å². The molecule has 0 bridgehead atoms. The molecular formula is C20H28ClN3O2S. The van der Waals surface area contributed by atoms with Crippen LogP contribution in [0.1, 0.15) is 31.2 Å². The number of rotatable bonds is 4. The zero-order valence-electron chi connectivity index (χ0n) is 15.5. The van der Waals surface area contributed by atoms with Crippen molar-refractivity contribution in [3.63, 3.8) is 0 Å². The Bertz CT molecular complexity index is 656. The molecule has 3 unspecified atom stereocenters. The molecule has 2 N–H and O–H groups in total. The van der Waals surface area contributed by atoms with E-state index in [-0.39, 0.29) is 35.5 Å². The van der Waals surface area contributed by atoms with Gasteiger partial charge < -0.3 is 15.5 Å². The number of halogens is 1. The molecule has 2 saturated heterocycles. The van der Waals surface area contributed by atoms with Crippen molar-refractivity contribution in [2.45, 2.75) is 48.3 Å². The lowest BCUT2D eigenvalue weighted by Gasteiger charge is -2.34. The molecule has 3 aliphatic rings. The van der Waals surface area contributed by atoms with E-state index < -0.39 is 0 Å². The predicted molar refractivity (Wildman–Crippen MR) is 110 cm³/mol. The molecule has 5 nitrogen and oxygen atoms in total. The molecule has 7 heteroatoms. The molecule has 2 amide bonds. The molecule has 148 valence electrons. The van der Waals surface area contributed by atoms with Crippen molar-refractivity contribution in [3.8, 4) is 0 Å². The topological polar surface area (TPSA) is 61.4 Å². The summed E-state index contributed by atoms with van der Waals surface area (Å²) in [5.41, 5.74) is 1.29. The standard InChI is InChI=1S/C20H27N3O2S.ClH/c24-19(16-7-3-9-21-16)22-12-14-5-4-10-23(13-14)20(25)18-11-15-6-1-2-8-17(15)26-18;/h1-2,6,8,14,16,18,21H,3-5,7,9-13H2,(H,22,24);1H. The van der Waals surface area contributed by atoms with Crippen molar-refractivity contribution in [1.82, 2.24) is 15.5 Å². The number of thioether (sulfide) groups is 1. The molecule has 3 aliphatic heterocycles. The van der Waals surface area contributed by atoms with E-state index >= 15 is 0 Å². The SMILES string of the molecule is Cl.O=C(NCC1CCCN(C(=O)C2Cc3ccccc3S2)C1)C1CCCN1. The summed E-state index contributed by atoms with van der Waals surface area (Å²) in [6, 6.07) is 8.30. The molecular weight excluding hydrogens is 382 g/mol. The number of amides is 2. The summed E-state index contributed by atoms with van der Waals surface area (Å²) in [5, 5.41) is 6.35. The Labute approximate surface area is 171 Å². The van der Waals surface area contributed by atoms with Crippen LogP contribution in [0.4, 0.5) is 0 Å². The molecule has 0 spiro atoms. The number of hydrogen-bond acceptors (Lipinski definition) is 4. The third kappa shape index (κ3) is 4.79. The van der Waals surface area contributed by atoms with E-state index in [1.807, 2.05) is 17.0 Å². The molecule has 4 rings (SSSR count). The van der Waals surface area contributed by atoms with E-state index in [4.69, 9.17) is 0 Å². The second-order valence-electron chi connectivity index (χ2n) is 7.60. The van der Waals surface area contributed by atoms with Crippen LogP contribution in [0.15, 0.2) is 29.2 Å². The fourth-order valence-electron chi connectivity index (χ4n) is 4.23. The van der Waals surface area contributed by atoms with E-state index in [1.54, 1.807) is 11.8 Å². The van der Waals surface area contributed by atoms with Gasteiger partial charge in [0.2, 0.25) is 11.8 Å². The zero-order valence-corrected chi connectivity index (χ0v) is 17.1. The van der Waals surface area contributed by atoms with Crippen LogP contribution < -0.4 is 10.6 Å². The van der Waals surface area contributed by atoms with Crippen molar-refractivity contribution < 1.29 is 9.59 Å². The lowest BCUT2D eigenvalue weighted by molar-refractivity contribution is -0.132. The van der Waals surface area contributed by atoms with Crippen LogP contribution in [0.5, 0.6) is 0 Å². The average Bonchev–Trinajstić information content (AvgIpc) is 3.35. The van der Waals surface area contributed by atoms with Gasteiger partial charge in [-0.15, -0.1) is 24.2 Å². The highest BCUT2D eigenvalue weighted by molar-refractivity contribution is 8.01. The Kier molecular flexibility index (Phi) is 7.06. The highest BCUT2D eigenvalue weighted by atomic mass is 35.5. The molecule has 1 aromatic carbocycles. The summed E-state index contributed by atoms with van der Waals surface area (Å²) >= 11 is 1.70. The zero-order chi connectivity index (χ0) is 17.9. The number of carbonyl (C=O) groups is 2. The van der Waals surface area contributed by atoms with Crippen LogP contribution in [-0.2, 0) is 16.0 Å². The number of carbonyl (C=O) groups excluding carboxylic acids is 2. The van der Waals surface area contributed by atoms with Gasteiger partial charge in [0.15, 0.2) is 0 Å². The van der Waals surface area contributed by atoms with Gasteiger partial charge >= 0.3 is 0 Å². The van der Waals surface area contributed by atoms with Gasteiger partial charge in [-0.05, 0) is 56.2 Å². The molecule has 3 atom stereocenters. The third-order valence-electron chi connectivity index (χ3n) is 5.70. The molecule has 27 heavy (non-hydrogen) atoms. The van der Waals surface area contributed by atoms with Crippen LogP contribution in [0, 0.1) is 5.92 Å². The Morgan fingerprint density at radius 1 is 1.22 bits per heavy atom. The van der Waals surface area contributed by atoms with Gasteiger partial charge in [0.25, 0.3) is 0 Å². The van der Waals surface area contributed by atoms with E-state index in [1.165, 1.54) is 10.5 Å². The minimum Gasteiger partial charge on any atom is -0.354 e.